The molecule has 2 aromatic rings. The number of aliphatic hydroxyl groups excluding tert-OH is 1. The summed E-state index contributed by atoms with van der Waals surface area (Å²) in [7, 11) is 0. The molecule has 180 valence electrons. The molecule has 1 saturated heterocycles. The molecular formula is C23H31N3O6S. The highest BCUT2D eigenvalue weighted by Gasteiger charge is 2.47. The van der Waals surface area contributed by atoms with Crippen molar-refractivity contribution in [1.29, 1.82) is 0 Å². The molecular weight excluding hydrogens is 446 g/mol. The first-order valence-corrected chi connectivity index (χ1v) is 11.5. The molecule has 1 aromatic carbocycles. The SMILES string of the molecule is CC(C)(C)OC(=O)O[C@H]1CN(C(=O)OC(C)(C)C)[C@H](Cc2ccc(-c3cnns3)cc2)[C@@H]1O. The zero-order chi connectivity index (χ0) is 24.4. The fraction of sp³-hybridized carbons (Fsp3) is 0.565. The lowest BCUT2D eigenvalue weighted by molar-refractivity contribution is -0.0486. The summed E-state index contributed by atoms with van der Waals surface area (Å²) in [5.74, 6) is 0. The third-order valence-corrected chi connectivity index (χ3v) is 5.58. The Morgan fingerprint density at radius 3 is 2.27 bits per heavy atom. The van der Waals surface area contributed by atoms with Gasteiger partial charge in [0.2, 0.25) is 0 Å². The van der Waals surface area contributed by atoms with Gasteiger partial charge in [-0.2, -0.15) is 0 Å². The van der Waals surface area contributed by atoms with Crippen LogP contribution in [0.2, 0.25) is 0 Å². The van der Waals surface area contributed by atoms with E-state index < -0.39 is 41.7 Å². The number of carbonyl (C=O) groups is 2. The van der Waals surface area contributed by atoms with Gasteiger partial charge in [-0.15, -0.1) is 5.10 Å². The molecule has 3 rings (SSSR count). The fourth-order valence-corrected chi connectivity index (χ4v) is 3.99. The topological polar surface area (TPSA) is 111 Å². The molecule has 1 amide bonds. The minimum Gasteiger partial charge on any atom is -0.444 e. The minimum atomic E-state index is -1.10. The molecule has 0 unspecified atom stereocenters. The zero-order valence-corrected chi connectivity index (χ0v) is 20.6. The van der Waals surface area contributed by atoms with E-state index in [4.69, 9.17) is 14.2 Å². The number of nitrogens with zero attached hydrogens (tertiary/aromatic N) is 3. The molecule has 0 aliphatic carbocycles. The van der Waals surface area contributed by atoms with Gasteiger partial charge in [-0.25, -0.2) is 9.59 Å². The molecule has 1 N–H and O–H groups in total. The van der Waals surface area contributed by atoms with Gasteiger partial charge in [0.15, 0.2) is 6.10 Å². The summed E-state index contributed by atoms with van der Waals surface area (Å²) in [6, 6.07) is 7.11. The van der Waals surface area contributed by atoms with Crippen molar-refractivity contribution in [3.05, 3.63) is 36.0 Å². The number of aromatic nitrogens is 2. The summed E-state index contributed by atoms with van der Waals surface area (Å²) in [6.07, 6.45) is -1.44. The molecule has 10 heteroatoms. The van der Waals surface area contributed by atoms with Crippen LogP contribution in [0.4, 0.5) is 9.59 Å². The van der Waals surface area contributed by atoms with Gasteiger partial charge in [-0.05, 0) is 70.6 Å². The number of rotatable bonds is 4. The lowest BCUT2D eigenvalue weighted by Gasteiger charge is -2.29. The van der Waals surface area contributed by atoms with Crippen molar-refractivity contribution >= 4 is 23.8 Å². The first-order chi connectivity index (χ1) is 15.3. The fourth-order valence-electron chi connectivity index (χ4n) is 3.48. The van der Waals surface area contributed by atoms with Gasteiger partial charge in [-0.3, -0.25) is 4.90 Å². The van der Waals surface area contributed by atoms with Crippen LogP contribution < -0.4 is 0 Å². The third kappa shape index (κ3) is 6.88. The first-order valence-electron chi connectivity index (χ1n) is 10.8. The summed E-state index contributed by atoms with van der Waals surface area (Å²) >= 11 is 1.30. The molecule has 1 aliphatic rings. The number of aliphatic hydroxyl groups is 1. The van der Waals surface area contributed by atoms with Crippen LogP contribution in [0.25, 0.3) is 10.4 Å². The maximum atomic E-state index is 12.9. The quantitative estimate of drug-likeness (QED) is 0.657. The Bertz CT molecular complexity index is 950. The monoisotopic (exact) mass is 477 g/mol. The number of amides is 1. The van der Waals surface area contributed by atoms with Crippen molar-refractivity contribution in [3.8, 4) is 10.4 Å². The van der Waals surface area contributed by atoms with Gasteiger partial charge < -0.3 is 19.3 Å². The van der Waals surface area contributed by atoms with E-state index in [2.05, 4.69) is 9.59 Å². The zero-order valence-electron chi connectivity index (χ0n) is 19.8. The lowest BCUT2D eigenvalue weighted by Crippen LogP contribution is -2.43. The highest BCUT2D eigenvalue weighted by molar-refractivity contribution is 7.09. The van der Waals surface area contributed by atoms with Gasteiger partial charge in [0, 0.05) is 0 Å². The van der Waals surface area contributed by atoms with E-state index in [9.17, 15) is 14.7 Å². The van der Waals surface area contributed by atoms with Crippen molar-refractivity contribution in [2.24, 2.45) is 0 Å². The average molecular weight is 478 g/mol. The summed E-state index contributed by atoms with van der Waals surface area (Å²) < 4.78 is 20.0. The summed E-state index contributed by atoms with van der Waals surface area (Å²) in [6.45, 7) is 10.5. The van der Waals surface area contributed by atoms with Crippen LogP contribution in [0.5, 0.6) is 0 Å². The standard InChI is InChI=1S/C23H31N3O6S/c1-22(2,3)31-20(28)26-13-17(30-21(29)32-23(4,5)6)19(27)16(26)11-14-7-9-15(10-8-14)18-12-24-25-33-18/h7-10,12,16-17,19,27H,11,13H2,1-6H3/t16-,17+,19+/m1/s1. The Morgan fingerprint density at radius 2 is 1.73 bits per heavy atom. The summed E-state index contributed by atoms with van der Waals surface area (Å²) in [5, 5.41) is 14.8. The Kier molecular flexibility index (Phi) is 7.28. The van der Waals surface area contributed by atoms with E-state index in [1.54, 1.807) is 47.7 Å². The predicted octanol–water partition coefficient (Wildman–Crippen LogP) is 4.05. The molecule has 1 aliphatic heterocycles. The van der Waals surface area contributed by atoms with Crippen molar-refractivity contribution in [2.75, 3.05) is 6.54 Å². The minimum absolute atomic E-state index is 0.00457. The highest BCUT2D eigenvalue weighted by atomic mass is 32.1. The smallest absolute Gasteiger partial charge is 0.444 e. The number of hydrogen-bond donors (Lipinski definition) is 1. The van der Waals surface area contributed by atoms with Crippen molar-refractivity contribution in [2.45, 2.75) is 77.4 Å². The molecule has 3 atom stereocenters. The van der Waals surface area contributed by atoms with Crippen molar-refractivity contribution in [1.82, 2.24) is 14.5 Å². The molecule has 1 fully saturated rings. The van der Waals surface area contributed by atoms with Crippen LogP contribution >= 0.6 is 11.5 Å². The average Bonchev–Trinajstić information content (AvgIpc) is 3.30. The Balaban J connectivity index is 1.77. The molecule has 1 aromatic heterocycles. The Morgan fingerprint density at radius 1 is 1.09 bits per heavy atom. The second kappa shape index (κ2) is 9.64. The van der Waals surface area contributed by atoms with Gasteiger partial charge in [0.25, 0.3) is 0 Å². The van der Waals surface area contributed by atoms with E-state index in [1.165, 1.54) is 16.4 Å². The van der Waals surface area contributed by atoms with E-state index in [0.717, 1.165) is 16.0 Å². The van der Waals surface area contributed by atoms with E-state index in [0.29, 0.717) is 6.42 Å². The highest BCUT2D eigenvalue weighted by Crippen LogP contribution is 2.29. The molecule has 0 spiro atoms. The lowest BCUT2D eigenvalue weighted by atomic mass is 10.00. The largest absolute Gasteiger partial charge is 0.509 e. The van der Waals surface area contributed by atoms with Crippen LogP contribution in [0.3, 0.4) is 0 Å². The molecule has 9 nitrogen and oxygen atoms in total. The summed E-state index contributed by atoms with van der Waals surface area (Å²) in [4.78, 5) is 27.4. The van der Waals surface area contributed by atoms with E-state index in [1.807, 2.05) is 24.3 Å². The predicted molar refractivity (Wildman–Crippen MR) is 123 cm³/mol. The van der Waals surface area contributed by atoms with E-state index in [-0.39, 0.29) is 6.54 Å². The molecule has 0 bridgehead atoms. The first kappa shape index (κ1) is 24.9. The van der Waals surface area contributed by atoms with Crippen LogP contribution in [0, 0.1) is 0 Å². The molecule has 33 heavy (non-hydrogen) atoms. The van der Waals surface area contributed by atoms with Gasteiger partial charge in [0.05, 0.1) is 23.7 Å². The van der Waals surface area contributed by atoms with Crippen LogP contribution in [0.1, 0.15) is 47.1 Å². The van der Waals surface area contributed by atoms with Crippen LogP contribution in [0.15, 0.2) is 30.5 Å². The third-order valence-electron chi connectivity index (χ3n) is 4.86. The number of likely N-dealkylation sites (tertiary alicyclic amines) is 1. The van der Waals surface area contributed by atoms with Crippen molar-refractivity contribution < 1.29 is 28.9 Å². The van der Waals surface area contributed by atoms with Crippen LogP contribution in [-0.2, 0) is 20.6 Å². The number of ether oxygens (including phenoxy) is 3. The maximum absolute atomic E-state index is 12.9. The second-order valence-electron chi connectivity index (χ2n) is 9.99. The molecule has 0 radical (unpaired) electrons. The van der Waals surface area contributed by atoms with Crippen molar-refractivity contribution in [3.63, 3.8) is 0 Å². The number of benzene rings is 1. The van der Waals surface area contributed by atoms with E-state index >= 15 is 0 Å². The summed E-state index contributed by atoms with van der Waals surface area (Å²) in [5.41, 5.74) is 0.448. The Hall–Kier alpha value is -2.72. The van der Waals surface area contributed by atoms with Gasteiger partial charge in [-0.1, -0.05) is 28.8 Å². The normalized spacial score (nSPS) is 21.1. The number of hydrogen-bond acceptors (Lipinski definition) is 9. The van der Waals surface area contributed by atoms with Gasteiger partial charge >= 0.3 is 12.2 Å². The van der Waals surface area contributed by atoms with Gasteiger partial charge in [0.1, 0.15) is 17.3 Å². The Labute approximate surface area is 197 Å². The molecule has 0 saturated carbocycles. The number of carbonyl (C=O) groups excluding carboxylic acids is 2. The maximum Gasteiger partial charge on any atom is 0.509 e. The second-order valence-corrected chi connectivity index (χ2v) is 10.8. The molecule has 2 heterocycles. The van der Waals surface area contributed by atoms with Crippen LogP contribution in [-0.4, -0.2) is 67.8 Å².